The number of nitrogens with one attached hydrogen (secondary N) is 3. The molecule has 1 rings (SSSR count). The predicted molar refractivity (Wildman–Crippen MR) is 93.1 cm³/mol. The second kappa shape index (κ2) is 8.59. The predicted octanol–water partition coefficient (Wildman–Crippen LogP) is 1.52. The molecule has 24 heavy (non-hydrogen) atoms. The summed E-state index contributed by atoms with van der Waals surface area (Å²) >= 11 is 0. The molecule has 2 amide bonds. The number of anilines is 1. The van der Waals surface area contributed by atoms with Gasteiger partial charge in [0.1, 0.15) is 5.54 Å². The lowest BCUT2D eigenvalue weighted by Gasteiger charge is -2.27. The highest BCUT2D eigenvalue weighted by Gasteiger charge is 2.29. The van der Waals surface area contributed by atoms with E-state index in [1.54, 1.807) is 31.2 Å². The van der Waals surface area contributed by atoms with Gasteiger partial charge in [0.25, 0.3) is 5.91 Å². The fraction of sp³-hybridized carbons (Fsp3) is 0.389. The van der Waals surface area contributed by atoms with Gasteiger partial charge >= 0.3 is 0 Å². The van der Waals surface area contributed by atoms with Crippen molar-refractivity contribution in [2.45, 2.75) is 26.3 Å². The lowest BCUT2D eigenvalue weighted by molar-refractivity contribution is -0.121. The average molecular weight is 326 g/mol. The molecule has 0 spiro atoms. The van der Waals surface area contributed by atoms with Crippen molar-refractivity contribution in [3.8, 4) is 18.4 Å². The Hall–Kier alpha value is -2.99. The molecule has 0 aromatic heterocycles. The maximum absolute atomic E-state index is 12.1. The van der Waals surface area contributed by atoms with Crippen molar-refractivity contribution in [1.29, 1.82) is 5.26 Å². The zero-order valence-corrected chi connectivity index (χ0v) is 14.1. The van der Waals surface area contributed by atoms with E-state index in [9.17, 15) is 14.9 Å². The van der Waals surface area contributed by atoms with Crippen molar-refractivity contribution < 1.29 is 9.59 Å². The van der Waals surface area contributed by atoms with Gasteiger partial charge in [0.15, 0.2) is 0 Å². The molecule has 1 unspecified atom stereocenters. The van der Waals surface area contributed by atoms with Gasteiger partial charge in [-0.15, -0.1) is 6.42 Å². The quantitative estimate of drug-likeness (QED) is 0.662. The Morgan fingerprint density at radius 2 is 2.00 bits per heavy atom. The Labute approximate surface area is 142 Å². The Morgan fingerprint density at radius 1 is 1.33 bits per heavy atom. The van der Waals surface area contributed by atoms with Crippen LogP contribution < -0.4 is 16.0 Å². The van der Waals surface area contributed by atoms with E-state index in [1.165, 1.54) is 0 Å². The van der Waals surface area contributed by atoms with Gasteiger partial charge in [-0.25, -0.2) is 0 Å². The van der Waals surface area contributed by atoms with Crippen LogP contribution in [0.1, 0.15) is 31.1 Å². The molecular weight excluding hydrogens is 304 g/mol. The van der Waals surface area contributed by atoms with Gasteiger partial charge < -0.3 is 16.0 Å². The fourth-order valence-corrected chi connectivity index (χ4v) is 1.87. The van der Waals surface area contributed by atoms with E-state index < -0.39 is 5.54 Å². The molecule has 0 fully saturated rings. The first kappa shape index (κ1) is 19.1. The highest BCUT2D eigenvalue weighted by molar-refractivity contribution is 6.00. The summed E-state index contributed by atoms with van der Waals surface area (Å²) in [6, 6.07) is 8.93. The molecule has 6 heteroatoms. The van der Waals surface area contributed by atoms with E-state index >= 15 is 0 Å². The maximum Gasteiger partial charge on any atom is 0.254 e. The first-order valence-corrected chi connectivity index (χ1v) is 7.61. The number of carbonyl (C=O) groups is 2. The number of benzene rings is 1. The van der Waals surface area contributed by atoms with Crippen molar-refractivity contribution in [2.24, 2.45) is 5.92 Å². The normalized spacial score (nSPS) is 12.4. The molecule has 6 nitrogen and oxygen atoms in total. The van der Waals surface area contributed by atoms with Crippen LogP contribution >= 0.6 is 0 Å². The van der Waals surface area contributed by atoms with E-state index in [1.807, 2.05) is 13.8 Å². The Bertz CT molecular complexity index is 685. The second-order valence-electron chi connectivity index (χ2n) is 5.80. The third-order valence-electron chi connectivity index (χ3n) is 3.75. The van der Waals surface area contributed by atoms with Gasteiger partial charge in [0.05, 0.1) is 24.7 Å². The van der Waals surface area contributed by atoms with Crippen molar-refractivity contribution in [3.05, 3.63) is 29.8 Å². The Morgan fingerprint density at radius 3 is 2.58 bits per heavy atom. The van der Waals surface area contributed by atoms with Gasteiger partial charge in [0, 0.05) is 5.69 Å². The second-order valence-corrected chi connectivity index (χ2v) is 5.80. The highest BCUT2D eigenvalue weighted by atomic mass is 16.2. The van der Waals surface area contributed by atoms with E-state index in [2.05, 4.69) is 27.9 Å². The van der Waals surface area contributed by atoms with Crippen LogP contribution in [0.2, 0.25) is 0 Å². The average Bonchev–Trinajstić information content (AvgIpc) is 2.57. The number of amides is 2. The summed E-state index contributed by atoms with van der Waals surface area (Å²) in [5.41, 5.74) is -0.0274. The molecule has 3 N–H and O–H groups in total. The number of hydrogen-bond donors (Lipinski definition) is 3. The monoisotopic (exact) mass is 326 g/mol. The van der Waals surface area contributed by atoms with Crippen LogP contribution in [-0.4, -0.2) is 30.4 Å². The van der Waals surface area contributed by atoms with Crippen molar-refractivity contribution in [3.63, 3.8) is 0 Å². The highest BCUT2D eigenvalue weighted by Crippen LogP contribution is 2.16. The molecule has 0 radical (unpaired) electrons. The lowest BCUT2D eigenvalue weighted by Crippen LogP contribution is -2.50. The van der Waals surface area contributed by atoms with Gasteiger partial charge in [-0.3, -0.25) is 9.59 Å². The van der Waals surface area contributed by atoms with Gasteiger partial charge in [-0.2, -0.15) is 5.26 Å². The van der Waals surface area contributed by atoms with Crippen LogP contribution in [0.4, 0.5) is 5.69 Å². The van der Waals surface area contributed by atoms with Gasteiger partial charge in [-0.1, -0.05) is 31.9 Å². The molecule has 0 bridgehead atoms. The van der Waals surface area contributed by atoms with Crippen LogP contribution in [0.15, 0.2) is 24.3 Å². The van der Waals surface area contributed by atoms with E-state index in [0.29, 0.717) is 11.3 Å². The molecular formula is C18H22N4O2. The van der Waals surface area contributed by atoms with Gasteiger partial charge in [-0.05, 0) is 25.0 Å². The van der Waals surface area contributed by atoms with Crippen LogP contribution in [0.5, 0.6) is 0 Å². The molecule has 0 aliphatic rings. The summed E-state index contributed by atoms with van der Waals surface area (Å²) in [5, 5.41) is 17.4. The lowest BCUT2D eigenvalue weighted by atomic mass is 9.90. The van der Waals surface area contributed by atoms with Crippen molar-refractivity contribution in [2.75, 3.05) is 18.4 Å². The minimum absolute atomic E-state index is 0.0340. The zero-order valence-electron chi connectivity index (χ0n) is 14.1. The summed E-state index contributed by atoms with van der Waals surface area (Å²) in [7, 11) is 0. The van der Waals surface area contributed by atoms with E-state index in [4.69, 9.17) is 6.42 Å². The van der Waals surface area contributed by atoms with Crippen LogP contribution in [0.25, 0.3) is 0 Å². The summed E-state index contributed by atoms with van der Waals surface area (Å²) in [6.07, 6.45) is 5.13. The standard InChI is InChI=1S/C18H22N4O2/c1-5-10-20-17(24)14-8-6-7-9-15(14)21-11-16(23)22-18(4,12-19)13(2)3/h1,6-9,13,21H,10-11H2,2-4H3,(H,20,24)(H,22,23). The third-order valence-corrected chi connectivity index (χ3v) is 3.75. The first-order chi connectivity index (χ1) is 11.3. The minimum atomic E-state index is -0.942. The number of carbonyl (C=O) groups excluding carboxylic acids is 2. The largest absolute Gasteiger partial charge is 0.376 e. The summed E-state index contributed by atoms with van der Waals surface area (Å²) in [5.74, 6) is 1.65. The maximum atomic E-state index is 12.1. The number of terminal acetylenes is 1. The number of hydrogen-bond acceptors (Lipinski definition) is 4. The number of nitrogens with zero attached hydrogens (tertiary/aromatic N) is 1. The Kier molecular flexibility index (Phi) is 6.82. The van der Waals surface area contributed by atoms with E-state index in [-0.39, 0.29) is 30.8 Å². The van der Waals surface area contributed by atoms with Crippen molar-refractivity contribution >= 4 is 17.5 Å². The number of para-hydroxylation sites is 1. The summed E-state index contributed by atoms with van der Waals surface area (Å²) in [4.78, 5) is 24.1. The molecule has 1 aromatic rings. The van der Waals surface area contributed by atoms with Crippen LogP contribution in [0, 0.1) is 29.6 Å². The minimum Gasteiger partial charge on any atom is -0.376 e. The number of nitriles is 1. The van der Waals surface area contributed by atoms with E-state index in [0.717, 1.165) is 0 Å². The van der Waals surface area contributed by atoms with Gasteiger partial charge in [0.2, 0.25) is 5.91 Å². The molecule has 126 valence electrons. The molecule has 0 aliphatic heterocycles. The fourth-order valence-electron chi connectivity index (χ4n) is 1.87. The smallest absolute Gasteiger partial charge is 0.254 e. The molecule has 0 saturated heterocycles. The SMILES string of the molecule is C#CCNC(=O)c1ccccc1NCC(=O)NC(C)(C#N)C(C)C. The summed E-state index contributed by atoms with van der Waals surface area (Å²) < 4.78 is 0. The molecule has 0 heterocycles. The molecule has 0 saturated carbocycles. The molecule has 0 aliphatic carbocycles. The molecule has 1 atom stereocenters. The first-order valence-electron chi connectivity index (χ1n) is 7.61. The number of rotatable bonds is 7. The molecule has 1 aromatic carbocycles. The van der Waals surface area contributed by atoms with Crippen LogP contribution in [-0.2, 0) is 4.79 Å². The zero-order chi connectivity index (χ0) is 18.2. The summed E-state index contributed by atoms with van der Waals surface area (Å²) in [6.45, 7) is 5.48. The van der Waals surface area contributed by atoms with Crippen LogP contribution in [0.3, 0.4) is 0 Å². The third kappa shape index (κ3) is 5.03. The van der Waals surface area contributed by atoms with Crippen molar-refractivity contribution in [1.82, 2.24) is 10.6 Å². The Balaban J connectivity index is 2.75. The topological polar surface area (TPSA) is 94.0 Å².